The number of carbonyl (C=O) groups excluding carboxylic acids is 1. The monoisotopic (exact) mass is 501 g/mol. The second-order valence-corrected chi connectivity index (χ2v) is 10.1. The van der Waals surface area contributed by atoms with Crippen molar-refractivity contribution in [2.75, 3.05) is 12.4 Å². The number of thiazole rings is 1. The molecule has 176 valence electrons. The molecule has 4 aromatic rings. The molecule has 0 unspecified atom stereocenters. The van der Waals surface area contributed by atoms with Gasteiger partial charge in [-0.15, -0.1) is 11.3 Å². The summed E-state index contributed by atoms with van der Waals surface area (Å²) in [6, 6.07) is 18.1. The number of fused-ring (bicyclic) bond motifs is 1. The third-order valence-electron chi connectivity index (χ3n) is 5.89. The molecule has 3 heterocycles. The van der Waals surface area contributed by atoms with E-state index < -0.39 is 6.04 Å². The van der Waals surface area contributed by atoms with Crippen molar-refractivity contribution in [3.63, 3.8) is 0 Å². The topological polar surface area (TPSA) is 72.7 Å². The number of nitrogens with one attached hydrogen (secondary N) is 1. The highest BCUT2D eigenvalue weighted by molar-refractivity contribution is 7.11. The van der Waals surface area contributed by atoms with Crippen molar-refractivity contribution < 1.29 is 9.53 Å². The zero-order valence-electron chi connectivity index (χ0n) is 19.4. The van der Waals surface area contributed by atoms with E-state index in [0.29, 0.717) is 32.0 Å². The first-order valence-electron chi connectivity index (χ1n) is 11.0. The zero-order chi connectivity index (χ0) is 24.5. The number of amides is 1. The molecule has 0 radical (unpaired) electrons. The molecular formula is C27H23N3O3S2. The third kappa shape index (κ3) is 4.38. The maximum absolute atomic E-state index is 13.7. The quantitative estimate of drug-likeness (QED) is 0.444. The summed E-state index contributed by atoms with van der Waals surface area (Å²) in [5, 5.41) is 4.97. The highest BCUT2D eigenvalue weighted by Crippen LogP contribution is 2.31. The smallest absolute Gasteiger partial charge is 0.271 e. The Morgan fingerprint density at radius 1 is 1.09 bits per heavy atom. The van der Waals surface area contributed by atoms with Crippen molar-refractivity contribution in [1.82, 2.24) is 4.57 Å². The number of ether oxygens (including phenoxy) is 1. The number of methoxy groups -OCH3 is 1. The molecule has 0 aliphatic carbocycles. The van der Waals surface area contributed by atoms with E-state index in [-0.39, 0.29) is 11.5 Å². The molecule has 1 atom stereocenters. The van der Waals surface area contributed by atoms with Gasteiger partial charge in [0, 0.05) is 10.6 Å². The summed E-state index contributed by atoms with van der Waals surface area (Å²) in [4.78, 5) is 33.5. The van der Waals surface area contributed by atoms with E-state index in [9.17, 15) is 9.59 Å². The van der Waals surface area contributed by atoms with E-state index in [1.165, 1.54) is 11.3 Å². The highest BCUT2D eigenvalue weighted by Gasteiger charge is 2.32. The number of para-hydroxylation sites is 1. The van der Waals surface area contributed by atoms with E-state index in [2.05, 4.69) is 5.32 Å². The minimum atomic E-state index is -0.618. The number of nitrogens with zero attached hydrogens (tertiary/aromatic N) is 2. The molecule has 6 nitrogen and oxygen atoms in total. The number of thiophene rings is 1. The number of allylic oxidation sites excluding steroid dienone is 1. The summed E-state index contributed by atoms with van der Waals surface area (Å²) >= 11 is 2.93. The largest absolute Gasteiger partial charge is 0.497 e. The van der Waals surface area contributed by atoms with Crippen LogP contribution in [0.4, 0.5) is 5.69 Å². The van der Waals surface area contributed by atoms with Gasteiger partial charge in [-0.3, -0.25) is 14.2 Å². The first kappa shape index (κ1) is 23.0. The number of anilines is 1. The molecule has 2 aromatic heterocycles. The number of carbonyl (C=O) groups is 1. The van der Waals surface area contributed by atoms with Crippen molar-refractivity contribution in [2.45, 2.75) is 19.9 Å². The van der Waals surface area contributed by atoms with Crippen molar-refractivity contribution in [3.8, 4) is 5.75 Å². The molecule has 0 spiro atoms. The predicted octanol–water partition coefficient (Wildman–Crippen LogP) is 4.25. The fraction of sp³-hybridized carbons (Fsp3) is 0.148. The summed E-state index contributed by atoms with van der Waals surface area (Å²) in [5.74, 6) is 0.409. The Morgan fingerprint density at radius 2 is 1.83 bits per heavy atom. The summed E-state index contributed by atoms with van der Waals surface area (Å²) in [6.07, 6.45) is 1.91. The molecule has 0 fully saturated rings. The molecule has 1 amide bonds. The van der Waals surface area contributed by atoms with Crippen molar-refractivity contribution in [1.29, 1.82) is 0 Å². The van der Waals surface area contributed by atoms with Gasteiger partial charge in [-0.25, -0.2) is 4.99 Å². The van der Waals surface area contributed by atoms with Crippen LogP contribution in [0.3, 0.4) is 0 Å². The molecular weight excluding hydrogens is 478 g/mol. The lowest BCUT2D eigenvalue weighted by Gasteiger charge is -2.25. The minimum absolute atomic E-state index is 0.167. The molecule has 2 aromatic carbocycles. The van der Waals surface area contributed by atoms with Gasteiger partial charge in [0.25, 0.3) is 11.5 Å². The van der Waals surface area contributed by atoms with Gasteiger partial charge in [0.1, 0.15) is 5.75 Å². The minimum Gasteiger partial charge on any atom is -0.497 e. The number of aromatic nitrogens is 1. The standard InChI is InChI=1S/C27H23N3O3S2/c1-16-13-14-34-21(16)15-22-26(32)30-24(18-9-11-20(33-3)12-10-18)23(17(2)28-27(30)35-22)25(31)29-19-7-5-4-6-8-19/h4-15,24H,1-3H3,(H,29,31)/b22-15+/t24-/m0/s1. The number of benzene rings is 2. The van der Waals surface area contributed by atoms with Gasteiger partial charge >= 0.3 is 0 Å². The van der Waals surface area contributed by atoms with E-state index in [4.69, 9.17) is 9.73 Å². The number of hydrogen-bond donors (Lipinski definition) is 1. The van der Waals surface area contributed by atoms with Crippen LogP contribution in [0.1, 0.15) is 29.0 Å². The summed E-state index contributed by atoms with van der Waals surface area (Å²) in [6.45, 7) is 3.84. The first-order valence-corrected chi connectivity index (χ1v) is 12.7. The lowest BCUT2D eigenvalue weighted by atomic mass is 9.95. The highest BCUT2D eigenvalue weighted by atomic mass is 32.1. The number of hydrogen-bond acceptors (Lipinski definition) is 6. The first-order chi connectivity index (χ1) is 17.0. The Hall–Kier alpha value is -3.75. The van der Waals surface area contributed by atoms with Crippen molar-refractivity contribution in [2.24, 2.45) is 4.99 Å². The second-order valence-electron chi connectivity index (χ2n) is 8.14. The fourth-order valence-electron chi connectivity index (χ4n) is 4.08. The SMILES string of the molecule is COc1ccc([C@H]2C(C(=O)Nc3ccccc3)=C(C)N=c3s/c(=C/c4sccc4C)c(=O)n32)cc1. The van der Waals surface area contributed by atoms with Gasteiger partial charge in [-0.2, -0.15) is 0 Å². The molecule has 0 bridgehead atoms. The van der Waals surface area contributed by atoms with Crippen LogP contribution in [0.25, 0.3) is 6.08 Å². The Kier molecular flexibility index (Phi) is 6.23. The normalized spacial score (nSPS) is 15.5. The van der Waals surface area contributed by atoms with Crippen LogP contribution in [0.2, 0.25) is 0 Å². The Morgan fingerprint density at radius 3 is 2.49 bits per heavy atom. The lowest BCUT2D eigenvalue weighted by Crippen LogP contribution is -2.40. The van der Waals surface area contributed by atoms with Gasteiger partial charge < -0.3 is 10.1 Å². The van der Waals surface area contributed by atoms with Crippen molar-refractivity contribution >= 4 is 40.3 Å². The van der Waals surface area contributed by atoms with Crippen LogP contribution in [0.15, 0.2) is 87.1 Å². The van der Waals surface area contributed by atoms with Crippen LogP contribution in [0, 0.1) is 6.92 Å². The number of aryl methyl sites for hydroxylation is 1. The van der Waals surface area contributed by atoms with Gasteiger partial charge in [-0.05, 0) is 66.8 Å². The summed E-state index contributed by atoms with van der Waals surface area (Å²) in [7, 11) is 1.60. The van der Waals surface area contributed by atoms with Gasteiger partial charge in [0.15, 0.2) is 4.80 Å². The Balaban J connectivity index is 1.68. The molecule has 35 heavy (non-hydrogen) atoms. The number of rotatable bonds is 5. The fourth-order valence-corrected chi connectivity index (χ4v) is 6.05. The van der Waals surface area contributed by atoms with Crippen molar-refractivity contribution in [3.05, 3.63) is 113 Å². The average Bonchev–Trinajstić information content (AvgIpc) is 3.41. The van der Waals surface area contributed by atoms with Crippen LogP contribution < -0.4 is 24.9 Å². The molecule has 8 heteroatoms. The van der Waals surface area contributed by atoms with E-state index >= 15 is 0 Å². The molecule has 5 rings (SSSR count). The molecule has 1 N–H and O–H groups in total. The zero-order valence-corrected chi connectivity index (χ0v) is 21.1. The Bertz CT molecular complexity index is 1610. The van der Waals surface area contributed by atoms with Gasteiger partial charge in [0.05, 0.1) is 29.0 Å². The maximum atomic E-state index is 13.7. The summed E-state index contributed by atoms with van der Waals surface area (Å²) in [5.41, 5.74) is 3.45. The second kappa shape index (κ2) is 9.48. The maximum Gasteiger partial charge on any atom is 0.271 e. The van der Waals surface area contributed by atoms with Gasteiger partial charge in [-0.1, -0.05) is 41.7 Å². The molecule has 1 aliphatic rings. The Labute approximate surface area is 210 Å². The molecule has 0 saturated carbocycles. The molecule has 0 saturated heterocycles. The van der Waals surface area contributed by atoms with E-state index in [0.717, 1.165) is 16.0 Å². The summed E-state index contributed by atoms with van der Waals surface area (Å²) < 4.78 is 7.54. The van der Waals surface area contributed by atoms with Gasteiger partial charge in [0.2, 0.25) is 0 Å². The van der Waals surface area contributed by atoms with Crippen LogP contribution in [0.5, 0.6) is 5.75 Å². The third-order valence-corrected chi connectivity index (χ3v) is 7.84. The van der Waals surface area contributed by atoms with Crippen LogP contribution >= 0.6 is 22.7 Å². The molecule has 1 aliphatic heterocycles. The van der Waals surface area contributed by atoms with E-state index in [1.807, 2.05) is 86.0 Å². The van der Waals surface area contributed by atoms with E-state index in [1.54, 1.807) is 23.0 Å². The van der Waals surface area contributed by atoms with Crippen LogP contribution in [-0.2, 0) is 4.79 Å². The van der Waals surface area contributed by atoms with Crippen LogP contribution in [-0.4, -0.2) is 17.6 Å². The average molecular weight is 502 g/mol. The predicted molar refractivity (Wildman–Crippen MR) is 141 cm³/mol. The lowest BCUT2D eigenvalue weighted by molar-refractivity contribution is -0.113.